The molecule has 88 valence electrons. The Morgan fingerprint density at radius 2 is 2.44 bits per heavy atom. The van der Waals surface area contributed by atoms with Crippen molar-refractivity contribution in [3.63, 3.8) is 0 Å². The van der Waals surface area contributed by atoms with Gasteiger partial charge < -0.3 is 5.32 Å². The van der Waals surface area contributed by atoms with E-state index in [0.29, 0.717) is 0 Å². The Bertz CT molecular complexity index is 396. The second-order valence-electron chi connectivity index (χ2n) is 4.57. The first-order valence-corrected chi connectivity index (χ1v) is 6.34. The molecule has 6 heteroatoms. The average molecular weight is 239 g/mol. The Morgan fingerprint density at radius 1 is 1.62 bits per heavy atom. The second-order valence-corrected chi connectivity index (χ2v) is 5.53. The van der Waals surface area contributed by atoms with Crippen molar-refractivity contribution in [2.24, 2.45) is 12.0 Å². The molecule has 0 spiro atoms. The van der Waals surface area contributed by atoms with Gasteiger partial charge in [-0.05, 0) is 13.8 Å². The van der Waals surface area contributed by atoms with Crippen LogP contribution in [0, 0.1) is 0 Å². The van der Waals surface area contributed by atoms with Crippen molar-refractivity contribution < 1.29 is 0 Å². The molecule has 1 saturated heterocycles. The molecule has 1 aliphatic rings. The highest BCUT2D eigenvalue weighted by Crippen LogP contribution is 2.21. The van der Waals surface area contributed by atoms with Crippen LogP contribution < -0.4 is 5.32 Å². The van der Waals surface area contributed by atoms with E-state index in [9.17, 15) is 0 Å². The first-order valence-electron chi connectivity index (χ1n) is 5.35. The molecule has 1 aromatic heterocycles. The summed E-state index contributed by atoms with van der Waals surface area (Å²) in [4.78, 5) is 8.67. The summed E-state index contributed by atoms with van der Waals surface area (Å²) >= 11 is 1.78. The molecule has 5 nitrogen and oxygen atoms in total. The van der Waals surface area contributed by atoms with Crippen LogP contribution >= 0.6 is 11.8 Å². The third kappa shape index (κ3) is 2.98. The fraction of sp³-hybridized carbons (Fsp3) is 0.700. The zero-order valence-electron chi connectivity index (χ0n) is 9.90. The topological polar surface area (TPSA) is 55.1 Å². The van der Waals surface area contributed by atoms with Gasteiger partial charge in [-0.1, -0.05) is 11.8 Å². The number of hydrogen-bond acceptors (Lipinski definition) is 4. The first kappa shape index (κ1) is 11.4. The summed E-state index contributed by atoms with van der Waals surface area (Å²) in [6.07, 6.45) is 2.52. The van der Waals surface area contributed by atoms with E-state index in [4.69, 9.17) is 0 Å². The van der Waals surface area contributed by atoms with Crippen LogP contribution in [0.5, 0.6) is 0 Å². The smallest absolute Gasteiger partial charge is 0.157 e. The molecular formula is C10H17N5S. The van der Waals surface area contributed by atoms with E-state index >= 15 is 0 Å². The number of hydrogen-bond donors (Lipinski definition) is 1. The van der Waals surface area contributed by atoms with Gasteiger partial charge in [0, 0.05) is 31.3 Å². The number of rotatable bonds is 3. The zero-order valence-corrected chi connectivity index (χ0v) is 10.7. The molecule has 2 heterocycles. The maximum Gasteiger partial charge on any atom is 0.157 e. The number of aliphatic imine (C=N–C) groups is 1. The summed E-state index contributed by atoms with van der Waals surface area (Å²) in [5.74, 6) is 1.93. The minimum absolute atomic E-state index is 0.173. The Balaban J connectivity index is 1.82. The Kier molecular flexibility index (Phi) is 3.18. The molecular weight excluding hydrogens is 222 g/mol. The van der Waals surface area contributed by atoms with Gasteiger partial charge in [0.1, 0.15) is 6.33 Å². The molecule has 1 aromatic rings. The molecule has 1 aliphatic heterocycles. The van der Waals surface area contributed by atoms with Gasteiger partial charge in [-0.15, -0.1) is 0 Å². The highest BCUT2D eigenvalue weighted by molar-refractivity contribution is 8.14. The van der Waals surface area contributed by atoms with Crippen LogP contribution in [0.1, 0.15) is 19.7 Å². The Morgan fingerprint density at radius 3 is 3.00 bits per heavy atom. The summed E-state index contributed by atoms with van der Waals surface area (Å²) in [7, 11) is 1.87. The van der Waals surface area contributed by atoms with E-state index in [0.717, 1.165) is 29.7 Å². The van der Waals surface area contributed by atoms with Crippen LogP contribution in [-0.2, 0) is 13.5 Å². The molecule has 0 atom stereocenters. The monoisotopic (exact) mass is 239 g/mol. The lowest BCUT2D eigenvalue weighted by molar-refractivity contribution is 0.536. The predicted molar refractivity (Wildman–Crippen MR) is 66.7 cm³/mol. The number of amidine groups is 1. The summed E-state index contributed by atoms with van der Waals surface area (Å²) < 4.78 is 1.72. The van der Waals surface area contributed by atoms with Gasteiger partial charge in [-0.2, -0.15) is 5.10 Å². The number of aromatic nitrogens is 3. The normalized spacial score (nSPS) is 21.3. The fourth-order valence-electron chi connectivity index (χ4n) is 1.45. The fourth-order valence-corrected chi connectivity index (χ4v) is 2.55. The summed E-state index contributed by atoms with van der Waals surface area (Å²) in [6.45, 7) is 5.11. The van der Waals surface area contributed by atoms with Crippen molar-refractivity contribution >= 4 is 16.9 Å². The minimum Gasteiger partial charge on any atom is -0.359 e. The van der Waals surface area contributed by atoms with Crippen molar-refractivity contribution in [1.82, 2.24) is 20.1 Å². The lowest BCUT2D eigenvalue weighted by atomic mass is 10.1. The Hall–Kier alpha value is -1.04. The summed E-state index contributed by atoms with van der Waals surface area (Å²) in [5, 5.41) is 8.64. The number of thioether (sulfide) groups is 1. The van der Waals surface area contributed by atoms with E-state index in [1.165, 1.54) is 0 Å². The van der Waals surface area contributed by atoms with Crippen molar-refractivity contribution in [3.8, 4) is 0 Å². The van der Waals surface area contributed by atoms with Gasteiger partial charge in [-0.3, -0.25) is 9.67 Å². The molecule has 16 heavy (non-hydrogen) atoms. The van der Waals surface area contributed by atoms with Gasteiger partial charge in [0.25, 0.3) is 0 Å². The SMILES string of the molecule is Cn1cnc(CCN=C2NC(C)(C)CS2)n1. The van der Waals surface area contributed by atoms with Crippen LogP contribution in [0.3, 0.4) is 0 Å². The standard InChI is InChI=1S/C10H17N5S/c1-10(2)6-16-9(13-10)11-5-4-8-12-7-15(3)14-8/h7H,4-6H2,1-3H3,(H,11,13). The molecule has 0 radical (unpaired) electrons. The van der Waals surface area contributed by atoms with Gasteiger partial charge in [0.15, 0.2) is 11.0 Å². The van der Waals surface area contributed by atoms with Gasteiger partial charge in [0.2, 0.25) is 0 Å². The van der Waals surface area contributed by atoms with Crippen LogP contribution in [0.2, 0.25) is 0 Å². The molecule has 1 fully saturated rings. The van der Waals surface area contributed by atoms with Crippen LogP contribution in [0.4, 0.5) is 0 Å². The summed E-state index contributed by atoms with van der Waals surface area (Å²) in [6, 6.07) is 0. The van der Waals surface area contributed by atoms with E-state index in [1.54, 1.807) is 22.8 Å². The Labute approximate surface area is 99.7 Å². The third-order valence-electron chi connectivity index (χ3n) is 2.25. The highest BCUT2D eigenvalue weighted by atomic mass is 32.2. The van der Waals surface area contributed by atoms with Gasteiger partial charge in [0.05, 0.1) is 0 Å². The van der Waals surface area contributed by atoms with Crippen molar-refractivity contribution in [3.05, 3.63) is 12.2 Å². The molecule has 0 bridgehead atoms. The van der Waals surface area contributed by atoms with Crippen LogP contribution in [0.25, 0.3) is 0 Å². The quantitative estimate of drug-likeness (QED) is 0.849. The maximum absolute atomic E-state index is 4.50. The van der Waals surface area contributed by atoms with Gasteiger partial charge >= 0.3 is 0 Å². The third-order valence-corrected chi connectivity index (χ3v) is 3.62. The molecule has 0 saturated carbocycles. The zero-order chi connectivity index (χ0) is 11.6. The van der Waals surface area contributed by atoms with E-state index in [-0.39, 0.29) is 5.54 Å². The van der Waals surface area contributed by atoms with Crippen molar-refractivity contribution in [1.29, 1.82) is 0 Å². The number of aryl methyl sites for hydroxylation is 1. The number of nitrogens with one attached hydrogen (secondary N) is 1. The largest absolute Gasteiger partial charge is 0.359 e. The predicted octanol–water partition coefficient (Wildman–Crippen LogP) is 0.829. The lowest BCUT2D eigenvalue weighted by Gasteiger charge is -2.15. The lowest BCUT2D eigenvalue weighted by Crippen LogP contribution is -2.36. The molecule has 2 rings (SSSR count). The van der Waals surface area contributed by atoms with Gasteiger partial charge in [-0.25, -0.2) is 4.98 Å². The van der Waals surface area contributed by atoms with Crippen molar-refractivity contribution in [2.45, 2.75) is 25.8 Å². The van der Waals surface area contributed by atoms with E-state index < -0.39 is 0 Å². The molecule has 0 unspecified atom stereocenters. The van der Waals surface area contributed by atoms with E-state index in [2.05, 4.69) is 34.2 Å². The first-order chi connectivity index (χ1) is 7.55. The van der Waals surface area contributed by atoms with Crippen LogP contribution in [-0.4, -0.2) is 37.8 Å². The molecule has 0 aromatic carbocycles. The highest BCUT2D eigenvalue weighted by Gasteiger charge is 2.26. The maximum atomic E-state index is 4.50. The number of nitrogens with zero attached hydrogens (tertiary/aromatic N) is 4. The summed E-state index contributed by atoms with van der Waals surface area (Å²) in [5.41, 5.74) is 0.173. The van der Waals surface area contributed by atoms with Crippen LogP contribution in [0.15, 0.2) is 11.3 Å². The average Bonchev–Trinajstić information content (AvgIpc) is 2.73. The minimum atomic E-state index is 0.173. The molecule has 0 amide bonds. The second kappa shape index (κ2) is 4.45. The molecule has 0 aliphatic carbocycles. The molecule has 1 N–H and O–H groups in total. The van der Waals surface area contributed by atoms with E-state index in [1.807, 2.05) is 7.05 Å². The van der Waals surface area contributed by atoms with Crippen molar-refractivity contribution in [2.75, 3.05) is 12.3 Å².